The normalized spacial score (nSPS) is 12.0. The van der Waals surface area contributed by atoms with Crippen molar-refractivity contribution < 1.29 is 9.53 Å². The van der Waals surface area contributed by atoms with Gasteiger partial charge in [0.1, 0.15) is 11.8 Å². The Morgan fingerprint density at radius 3 is 2.44 bits per heavy atom. The first kappa shape index (κ1) is 23.2. The van der Waals surface area contributed by atoms with E-state index in [2.05, 4.69) is 15.5 Å². The van der Waals surface area contributed by atoms with Crippen molar-refractivity contribution in [2.45, 2.75) is 40.2 Å². The monoisotopic (exact) mass is 459 g/mol. The maximum absolute atomic E-state index is 13.2. The van der Waals surface area contributed by atoms with Gasteiger partial charge in [-0.15, -0.1) is 0 Å². The molecule has 0 unspecified atom stereocenters. The van der Waals surface area contributed by atoms with E-state index in [1.165, 1.54) is 4.68 Å². The Labute approximate surface area is 198 Å². The second-order valence-electron chi connectivity index (χ2n) is 8.19. The lowest BCUT2D eigenvalue weighted by atomic mass is 10.1. The predicted molar refractivity (Wildman–Crippen MR) is 132 cm³/mol. The molecule has 4 aromatic rings. The molecule has 0 aliphatic rings. The van der Waals surface area contributed by atoms with Gasteiger partial charge in [0.2, 0.25) is 5.91 Å². The molecule has 0 saturated heterocycles. The second-order valence-corrected chi connectivity index (χ2v) is 8.19. The molecule has 0 radical (unpaired) electrons. The van der Waals surface area contributed by atoms with Gasteiger partial charge in [0.15, 0.2) is 5.52 Å². The van der Waals surface area contributed by atoms with Crippen LogP contribution in [0.2, 0.25) is 0 Å². The molecule has 4 rings (SSSR count). The molecule has 2 heterocycles. The number of ether oxygens (including phenoxy) is 1. The zero-order chi connectivity index (χ0) is 24.2. The van der Waals surface area contributed by atoms with E-state index in [4.69, 9.17) is 4.74 Å². The highest BCUT2D eigenvalue weighted by molar-refractivity contribution is 5.84. The van der Waals surface area contributed by atoms with Gasteiger partial charge in [-0.3, -0.25) is 9.59 Å². The number of aryl methyl sites for hydroxylation is 2. The van der Waals surface area contributed by atoms with Crippen LogP contribution < -0.4 is 15.6 Å². The topological polar surface area (TPSA) is 91.0 Å². The van der Waals surface area contributed by atoms with Crippen LogP contribution in [0.15, 0.2) is 59.4 Å². The molecule has 0 fully saturated rings. The number of hydrogen-bond acceptors (Lipinski definition) is 5. The fourth-order valence-electron chi connectivity index (χ4n) is 4.04. The quantitative estimate of drug-likeness (QED) is 0.435. The molecule has 0 saturated carbocycles. The molecule has 0 aliphatic heterocycles. The number of amides is 1. The Hall–Kier alpha value is -3.94. The largest absolute Gasteiger partial charge is 0.494 e. The summed E-state index contributed by atoms with van der Waals surface area (Å²) in [4.78, 5) is 26.0. The highest BCUT2D eigenvalue weighted by Gasteiger charge is 2.23. The summed E-state index contributed by atoms with van der Waals surface area (Å²) in [7, 11) is 0. The Balaban J connectivity index is 1.51. The summed E-state index contributed by atoms with van der Waals surface area (Å²) in [6, 6.07) is 16.7. The molecule has 1 N–H and O–H groups in total. The maximum Gasteiger partial charge on any atom is 0.295 e. The lowest BCUT2D eigenvalue weighted by Crippen LogP contribution is -2.38. The van der Waals surface area contributed by atoms with Gasteiger partial charge in [0.05, 0.1) is 29.1 Å². The van der Waals surface area contributed by atoms with Crippen molar-refractivity contribution in [3.05, 3.63) is 81.9 Å². The molecule has 0 aliphatic carbocycles. The summed E-state index contributed by atoms with van der Waals surface area (Å²) < 4.78 is 8.42. The Morgan fingerprint density at radius 1 is 1.06 bits per heavy atom. The zero-order valence-electron chi connectivity index (χ0n) is 19.9. The van der Waals surface area contributed by atoms with Crippen molar-refractivity contribution in [3.8, 4) is 11.4 Å². The minimum Gasteiger partial charge on any atom is -0.494 e. The number of para-hydroxylation sites is 1. The van der Waals surface area contributed by atoms with Crippen LogP contribution in [-0.4, -0.2) is 38.6 Å². The van der Waals surface area contributed by atoms with Crippen LogP contribution >= 0.6 is 0 Å². The Kier molecular flexibility index (Phi) is 6.77. The first-order chi connectivity index (χ1) is 16.4. The van der Waals surface area contributed by atoms with E-state index in [9.17, 15) is 9.59 Å². The fraction of sp³-hybridized carbons (Fsp3) is 0.308. The van der Waals surface area contributed by atoms with Gasteiger partial charge in [-0.1, -0.05) is 30.3 Å². The highest BCUT2D eigenvalue weighted by Crippen LogP contribution is 2.21. The number of hydrogen-bond donors (Lipinski definition) is 1. The smallest absolute Gasteiger partial charge is 0.295 e. The van der Waals surface area contributed by atoms with Gasteiger partial charge in [0, 0.05) is 6.54 Å². The van der Waals surface area contributed by atoms with Crippen LogP contribution in [0.25, 0.3) is 16.6 Å². The van der Waals surface area contributed by atoms with Crippen LogP contribution in [0, 0.1) is 13.8 Å². The Morgan fingerprint density at radius 2 is 1.76 bits per heavy atom. The zero-order valence-corrected chi connectivity index (χ0v) is 19.9. The van der Waals surface area contributed by atoms with Gasteiger partial charge in [-0.05, 0) is 63.9 Å². The van der Waals surface area contributed by atoms with Crippen LogP contribution in [0.4, 0.5) is 0 Å². The lowest BCUT2D eigenvalue weighted by molar-refractivity contribution is -0.124. The summed E-state index contributed by atoms with van der Waals surface area (Å²) in [5.41, 5.74) is 3.37. The summed E-state index contributed by atoms with van der Waals surface area (Å²) in [6.07, 6.45) is 0.673. The molecule has 2 aromatic carbocycles. The third-order valence-electron chi connectivity index (χ3n) is 5.84. The first-order valence-electron chi connectivity index (χ1n) is 11.4. The Bertz CT molecular complexity index is 1360. The minimum atomic E-state index is -0.766. The number of carbonyl (C=O) groups is 1. The molecular weight excluding hydrogens is 430 g/mol. The molecular formula is C26H29N5O3. The van der Waals surface area contributed by atoms with Crippen molar-refractivity contribution in [2.75, 3.05) is 13.2 Å². The summed E-state index contributed by atoms with van der Waals surface area (Å²) in [5.74, 6) is 0.559. The number of carbonyl (C=O) groups excluding carboxylic acids is 1. The van der Waals surface area contributed by atoms with E-state index in [-0.39, 0.29) is 11.5 Å². The van der Waals surface area contributed by atoms with Gasteiger partial charge < -0.3 is 10.1 Å². The molecule has 1 atom stereocenters. The van der Waals surface area contributed by atoms with E-state index < -0.39 is 6.04 Å². The fourth-order valence-corrected chi connectivity index (χ4v) is 4.04. The molecule has 0 spiro atoms. The third kappa shape index (κ3) is 4.57. The number of benzene rings is 2. The SMILES string of the molecule is CCOc1ccc(CCNC(=O)[C@@H](C)n2nc(C)c3c(C)n(-c4ccccc4)nc3c2=O)cc1. The van der Waals surface area contributed by atoms with Gasteiger partial charge >= 0.3 is 0 Å². The first-order valence-corrected chi connectivity index (χ1v) is 11.4. The molecule has 8 nitrogen and oxygen atoms in total. The van der Waals surface area contributed by atoms with Crippen LogP contribution in [-0.2, 0) is 11.2 Å². The average Bonchev–Trinajstić information content (AvgIpc) is 3.20. The van der Waals surface area contributed by atoms with Crippen LogP contribution in [0.1, 0.15) is 36.8 Å². The number of aromatic nitrogens is 4. The highest BCUT2D eigenvalue weighted by atomic mass is 16.5. The summed E-state index contributed by atoms with van der Waals surface area (Å²) in [6.45, 7) is 8.44. The van der Waals surface area contributed by atoms with Gasteiger partial charge in [-0.25, -0.2) is 9.36 Å². The van der Waals surface area contributed by atoms with E-state index in [0.717, 1.165) is 22.7 Å². The summed E-state index contributed by atoms with van der Waals surface area (Å²) >= 11 is 0. The maximum atomic E-state index is 13.2. The third-order valence-corrected chi connectivity index (χ3v) is 5.84. The van der Waals surface area contributed by atoms with Crippen molar-refractivity contribution in [1.82, 2.24) is 24.9 Å². The molecule has 34 heavy (non-hydrogen) atoms. The molecule has 8 heteroatoms. The predicted octanol–water partition coefficient (Wildman–Crippen LogP) is 3.52. The van der Waals surface area contributed by atoms with E-state index in [0.29, 0.717) is 36.2 Å². The van der Waals surface area contributed by atoms with Crippen LogP contribution in [0.5, 0.6) is 5.75 Å². The molecule has 2 aromatic heterocycles. The lowest BCUT2D eigenvalue weighted by Gasteiger charge is -2.15. The number of fused-ring (bicyclic) bond motifs is 1. The number of rotatable bonds is 8. The van der Waals surface area contributed by atoms with Crippen molar-refractivity contribution >= 4 is 16.8 Å². The molecule has 0 bridgehead atoms. The van der Waals surface area contributed by atoms with Gasteiger partial charge in [0.25, 0.3) is 5.56 Å². The average molecular weight is 460 g/mol. The van der Waals surface area contributed by atoms with Crippen molar-refractivity contribution in [2.24, 2.45) is 0 Å². The van der Waals surface area contributed by atoms with E-state index in [1.54, 1.807) is 11.6 Å². The van der Waals surface area contributed by atoms with E-state index >= 15 is 0 Å². The second kappa shape index (κ2) is 9.91. The molecule has 1 amide bonds. The van der Waals surface area contributed by atoms with Crippen molar-refractivity contribution in [1.29, 1.82) is 0 Å². The van der Waals surface area contributed by atoms with E-state index in [1.807, 2.05) is 75.4 Å². The van der Waals surface area contributed by atoms with Gasteiger partial charge in [-0.2, -0.15) is 10.2 Å². The standard InChI is InChI=1S/C26H29N5O3/c1-5-34-22-13-11-20(12-14-22)15-16-27-25(32)19(4)31-26(33)24-23(17(2)28-31)18(3)30(29-24)21-9-7-6-8-10-21/h6-14,19H,5,15-16H2,1-4H3,(H,27,32)/t19-/m1/s1. The minimum absolute atomic E-state index is 0.265. The van der Waals surface area contributed by atoms with Crippen LogP contribution in [0.3, 0.4) is 0 Å². The molecule has 176 valence electrons. The number of nitrogens with one attached hydrogen (secondary N) is 1. The van der Waals surface area contributed by atoms with Crippen molar-refractivity contribution in [3.63, 3.8) is 0 Å². The summed E-state index contributed by atoms with van der Waals surface area (Å²) in [5, 5.41) is 12.7. The number of nitrogens with zero attached hydrogens (tertiary/aromatic N) is 4.